The molecule has 1 amide bonds. The van der Waals surface area contributed by atoms with Crippen LogP contribution in [0.3, 0.4) is 0 Å². The summed E-state index contributed by atoms with van der Waals surface area (Å²) < 4.78 is 5.17. The smallest absolute Gasteiger partial charge is 0.292 e. The van der Waals surface area contributed by atoms with E-state index in [1.807, 2.05) is 43.0 Å². The van der Waals surface area contributed by atoms with E-state index in [2.05, 4.69) is 5.32 Å². The molecule has 2 aromatic rings. The summed E-state index contributed by atoms with van der Waals surface area (Å²) in [6.45, 7) is 4.94. The van der Waals surface area contributed by atoms with Crippen LogP contribution in [0.5, 0.6) is 5.75 Å². The van der Waals surface area contributed by atoms with E-state index in [1.165, 1.54) is 6.07 Å². The minimum absolute atomic E-state index is 0.00942. The first-order chi connectivity index (χ1) is 13.5. The Hall–Kier alpha value is -3.09. The van der Waals surface area contributed by atoms with Crippen LogP contribution in [-0.4, -0.2) is 42.0 Å². The van der Waals surface area contributed by atoms with Crippen molar-refractivity contribution in [2.24, 2.45) is 0 Å². The number of methoxy groups -OCH3 is 1. The van der Waals surface area contributed by atoms with Crippen molar-refractivity contribution >= 4 is 17.3 Å². The number of hydrogen-bond acceptors (Lipinski definition) is 5. The Morgan fingerprint density at radius 1 is 1.21 bits per heavy atom. The van der Waals surface area contributed by atoms with Gasteiger partial charge in [-0.25, -0.2) is 0 Å². The second-order valence-electron chi connectivity index (χ2n) is 6.53. The number of benzene rings is 2. The van der Waals surface area contributed by atoms with Gasteiger partial charge in [0.2, 0.25) is 5.91 Å². The molecule has 150 valence electrons. The molecule has 1 unspecified atom stereocenters. The molecule has 0 spiro atoms. The lowest BCUT2D eigenvalue weighted by atomic mass is 10.1. The summed E-state index contributed by atoms with van der Waals surface area (Å²) in [4.78, 5) is 25.1. The van der Waals surface area contributed by atoms with Gasteiger partial charge in [0.05, 0.1) is 12.0 Å². The second kappa shape index (κ2) is 10.3. The topological polar surface area (TPSA) is 84.7 Å². The maximum atomic E-state index is 12.6. The number of amides is 1. The predicted molar refractivity (Wildman–Crippen MR) is 110 cm³/mol. The van der Waals surface area contributed by atoms with Gasteiger partial charge in [-0.3, -0.25) is 14.9 Å². The Labute approximate surface area is 165 Å². The highest BCUT2D eigenvalue weighted by Crippen LogP contribution is 2.23. The third-order valence-electron chi connectivity index (χ3n) is 4.64. The summed E-state index contributed by atoms with van der Waals surface area (Å²) in [6, 6.07) is 14.3. The van der Waals surface area contributed by atoms with E-state index in [1.54, 1.807) is 25.3 Å². The van der Waals surface area contributed by atoms with Gasteiger partial charge in [0, 0.05) is 31.6 Å². The number of ether oxygens (including phenoxy) is 1. The predicted octanol–water partition coefficient (Wildman–Crippen LogP) is 3.89. The average Bonchev–Trinajstić information content (AvgIpc) is 2.69. The molecule has 0 heterocycles. The fraction of sp³-hybridized carbons (Fsp3) is 0.381. The number of hydrogen-bond donors (Lipinski definition) is 1. The molecule has 1 atom stereocenters. The summed E-state index contributed by atoms with van der Waals surface area (Å²) in [5.74, 6) is 0.829. The van der Waals surface area contributed by atoms with Crippen molar-refractivity contribution in [2.45, 2.75) is 32.7 Å². The second-order valence-corrected chi connectivity index (χ2v) is 6.53. The minimum atomic E-state index is -0.431. The number of anilines is 1. The van der Waals surface area contributed by atoms with Crippen LogP contribution < -0.4 is 10.1 Å². The lowest BCUT2D eigenvalue weighted by Crippen LogP contribution is -2.40. The maximum Gasteiger partial charge on any atom is 0.292 e. The zero-order valence-corrected chi connectivity index (χ0v) is 16.6. The number of carbonyl (C=O) groups is 1. The zero-order valence-electron chi connectivity index (χ0n) is 16.6. The minimum Gasteiger partial charge on any atom is -0.497 e. The largest absolute Gasteiger partial charge is 0.497 e. The SMILES string of the molecule is CCN(C(=O)CCNc1ccccc1[N+](=O)[O-])C(C)Cc1ccc(OC)cc1. The van der Waals surface area contributed by atoms with Gasteiger partial charge in [0.25, 0.3) is 5.69 Å². The van der Waals surface area contributed by atoms with Crippen LogP contribution >= 0.6 is 0 Å². The number of nitro groups is 1. The van der Waals surface area contributed by atoms with Crippen molar-refractivity contribution in [2.75, 3.05) is 25.5 Å². The van der Waals surface area contributed by atoms with Crippen molar-refractivity contribution in [1.82, 2.24) is 4.90 Å². The Morgan fingerprint density at radius 3 is 2.50 bits per heavy atom. The molecule has 7 heteroatoms. The Morgan fingerprint density at radius 2 is 1.89 bits per heavy atom. The number of nitrogens with zero attached hydrogens (tertiary/aromatic N) is 2. The van der Waals surface area contributed by atoms with Crippen molar-refractivity contribution < 1.29 is 14.5 Å². The van der Waals surface area contributed by atoms with Gasteiger partial charge >= 0.3 is 0 Å². The first kappa shape index (κ1) is 21.2. The molecule has 0 bridgehead atoms. The molecular weight excluding hydrogens is 358 g/mol. The number of nitrogens with one attached hydrogen (secondary N) is 1. The lowest BCUT2D eigenvalue weighted by molar-refractivity contribution is -0.384. The molecular formula is C21H27N3O4. The summed E-state index contributed by atoms with van der Waals surface area (Å²) in [5.41, 5.74) is 1.57. The van der Waals surface area contributed by atoms with E-state index in [-0.39, 0.29) is 24.1 Å². The van der Waals surface area contributed by atoms with Gasteiger partial charge in [-0.1, -0.05) is 24.3 Å². The highest BCUT2D eigenvalue weighted by Gasteiger charge is 2.19. The Balaban J connectivity index is 1.90. The van der Waals surface area contributed by atoms with Gasteiger partial charge in [0.1, 0.15) is 11.4 Å². The van der Waals surface area contributed by atoms with E-state index in [0.29, 0.717) is 18.8 Å². The van der Waals surface area contributed by atoms with Crippen molar-refractivity contribution in [3.05, 3.63) is 64.2 Å². The van der Waals surface area contributed by atoms with Crippen LogP contribution in [0, 0.1) is 10.1 Å². The van der Waals surface area contributed by atoms with Crippen LogP contribution in [0.15, 0.2) is 48.5 Å². The molecule has 0 saturated heterocycles. The summed E-state index contributed by atoms with van der Waals surface area (Å²) >= 11 is 0. The van der Waals surface area contributed by atoms with Crippen LogP contribution in [-0.2, 0) is 11.2 Å². The van der Waals surface area contributed by atoms with Crippen molar-refractivity contribution in [3.63, 3.8) is 0 Å². The van der Waals surface area contributed by atoms with Crippen molar-refractivity contribution in [1.29, 1.82) is 0 Å². The highest BCUT2D eigenvalue weighted by molar-refractivity contribution is 5.77. The Bertz CT molecular complexity index is 792. The van der Waals surface area contributed by atoms with Crippen LogP contribution in [0.4, 0.5) is 11.4 Å². The van der Waals surface area contributed by atoms with Gasteiger partial charge in [-0.2, -0.15) is 0 Å². The first-order valence-corrected chi connectivity index (χ1v) is 9.36. The number of likely N-dealkylation sites (N-methyl/N-ethyl adjacent to an activating group) is 1. The molecule has 7 nitrogen and oxygen atoms in total. The van der Waals surface area contributed by atoms with Crippen LogP contribution in [0.25, 0.3) is 0 Å². The van der Waals surface area contributed by atoms with E-state index >= 15 is 0 Å². The maximum absolute atomic E-state index is 12.6. The summed E-state index contributed by atoms with van der Waals surface area (Å²) in [6.07, 6.45) is 1.02. The molecule has 0 radical (unpaired) electrons. The standard InChI is InChI=1S/C21H27N3O4/c1-4-23(16(2)15-17-9-11-18(28-3)12-10-17)21(25)13-14-22-19-7-5-6-8-20(19)24(26)27/h5-12,16,22H,4,13-15H2,1-3H3. The molecule has 0 aliphatic carbocycles. The Kier molecular flexibility index (Phi) is 7.80. The van der Waals surface area contributed by atoms with E-state index in [0.717, 1.165) is 17.7 Å². The molecule has 0 saturated carbocycles. The molecule has 0 aliphatic rings. The summed E-state index contributed by atoms with van der Waals surface area (Å²) in [7, 11) is 1.63. The third kappa shape index (κ3) is 5.70. The van der Waals surface area contributed by atoms with Gasteiger partial charge < -0.3 is 15.0 Å². The number of carbonyl (C=O) groups excluding carboxylic acids is 1. The number of rotatable bonds is 10. The van der Waals surface area contributed by atoms with Crippen LogP contribution in [0.1, 0.15) is 25.8 Å². The molecule has 1 N–H and O–H groups in total. The fourth-order valence-corrected chi connectivity index (χ4v) is 3.18. The van der Waals surface area contributed by atoms with E-state index in [4.69, 9.17) is 4.74 Å². The molecule has 2 rings (SSSR count). The van der Waals surface area contributed by atoms with Gasteiger partial charge in [0.15, 0.2) is 0 Å². The molecule has 0 fully saturated rings. The monoisotopic (exact) mass is 385 g/mol. The van der Waals surface area contributed by atoms with Gasteiger partial charge in [-0.15, -0.1) is 0 Å². The molecule has 2 aromatic carbocycles. The van der Waals surface area contributed by atoms with E-state index in [9.17, 15) is 14.9 Å². The number of nitro benzene ring substituents is 1. The highest BCUT2D eigenvalue weighted by atomic mass is 16.6. The average molecular weight is 385 g/mol. The quantitative estimate of drug-likeness (QED) is 0.495. The molecule has 0 aliphatic heterocycles. The lowest BCUT2D eigenvalue weighted by Gasteiger charge is -2.28. The normalized spacial score (nSPS) is 11.5. The molecule has 0 aromatic heterocycles. The van der Waals surface area contributed by atoms with Crippen LogP contribution in [0.2, 0.25) is 0 Å². The van der Waals surface area contributed by atoms with Gasteiger partial charge in [-0.05, 0) is 44.0 Å². The zero-order chi connectivity index (χ0) is 20.5. The first-order valence-electron chi connectivity index (χ1n) is 9.36. The fourth-order valence-electron chi connectivity index (χ4n) is 3.18. The molecule has 28 heavy (non-hydrogen) atoms. The third-order valence-corrected chi connectivity index (χ3v) is 4.64. The summed E-state index contributed by atoms with van der Waals surface area (Å²) in [5, 5.41) is 14.1. The van der Waals surface area contributed by atoms with E-state index < -0.39 is 4.92 Å². The van der Waals surface area contributed by atoms with Crippen molar-refractivity contribution in [3.8, 4) is 5.75 Å². The number of para-hydroxylation sites is 2.